The number of nitrogens with one attached hydrogen (secondary N) is 1. The van der Waals surface area contributed by atoms with Crippen molar-refractivity contribution in [3.63, 3.8) is 0 Å². The number of rotatable bonds is 11. The molecule has 0 aliphatic carbocycles. The van der Waals surface area contributed by atoms with Crippen molar-refractivity contribution in [1.82, 2.24) is 5.32 Å². The number of ether oxygens (including phenoxy) is 1. The molecule has 1 atom stereocenters. The summed E-state index contributed by atoms with van der Waals surface area (Å²) in [5, 5.41) is 12.7. The van der Waals surface area contributed by atoms with Crippen molar-refractivity contribution in [2.75, 3.05) is 26.3 Å². The van der Waals surface area contributed by atoms with Gasteiger partial charge in [0.1, 0.15) is 0 Å². The molecule has 0 rings (SSSR count). The van der Waals surface area contributed by atoms with Crippen molar-refractivity contribution in [2.45, 2.75) is 45.6 Å². The van der Waals surface area contributed by atoms with Crippen LogP contribution in [0, 0.1) is 18.3 Å². The second kappa shape index (κ2) is 11.9. The quantitative estimate of drug-likeness (QED) is 0.428. The fourth-order valence-electron chi connectivity index (χ4n) is 1.46. The Kier molecular flexibility index (Phi) is 11.5. The Morgan fingerprint density at radius 3 is 2.76 bits per heavy atom. The summed E-state index contributed by atoms with van der Waals surface area (Å²) < 4.78 is 5.40. The van der Waals surface area contributed by atoms with Gasteiger partial charge >= 0.3 is 0 Å². The van der Waals surface area contributed by atoms with Crippen molar-refractivity contribution in [3.05, 3.63) is 0 Å². The van der Waals surface area contributed by atoms with E-state index in [0.29, 0.717) is 13.2 Å². The predicted octanol–water partition coefficient (Wildman–Crippen LogP) is 1.80. The third kappa shape index (κ3) is 13.4. The number of terminal acetylenes is 1. The van der Waals surface area contributed by atoms with Crippen LogP contribution in [0.1, 0.15) is 39.5 Å². The second-order valence-electron chi connectivity index (χ2n) is 4.78. The van der Waals surface area contributed by atoms with Crippen LogP contribution in [-0.2, 0) is 4.74 Å². The fourth-order valence-corrected chi connectivity index (χ4v) is 1.46. The smallest absolute Gasteiger partial charge is 0.0897 e. The molecule has 3 heteroatoms. The molecule has 0 aromatic rings. The number of aliphatic hydroxyl groups is 1. The lowest BCUT2D eigenvalue weighted by atomic mass is 10.1. The summed E-state index contributed by atoms with van der Waals surface area (Å²) in [5.74, 6) is 3.31. The average molecular weight is 241 g/mol. The van der Waals surface area contributed by atoms with Gasteiger partial charge in [0.15, 0.2) is 0 Å². The predicted molar refractivity (Wildman–Crippen MR) is 71.8 cm³/mol. The molecule has 0 aromatic carbocycles. The maximum absolute atomic E-state index is 9.59. The normalized spacial score (nSPS) is 12.6. The maximum Gasteiger partial charge on any atom is 0.0897 e. The van der Waals surface area contributed by atoms with Crippen LogP contribution < -0.4 is 5.32 Å². The van der Waals surface area contributed by atoms with Crippen LogP contribution in [0.5, 0.6) is 0 Å². The van der Waals surface area contributed by atoms with Crippen LogP contribution >= 0.6 is 0 Å². The molecule has 0 saturated heterocycles. The van der Waals surface area contributed by atoms with E-state index < -0.39 is 6.10 Å². The molecular formula is C14H27NO2. The molecule has 0 aliphatic rings. The third-order valence-corrected chi connectivity index (χ3v) is 2.44. The number of unbranched alkanes of at least 4 members (excludes halogenated alkanes) is 1. The van der Waals surface area contributed by atoms with E-state index >= 15 is 0 Å². The first-order valence-electron chi connectivity index (χ1n) is 6.56. The average Bonchev–Trinajstić information content (AvgIpc) is 2.28. The summed E-state index contributed by atoms with van der Waals surface area (Å²) in [6.45, 7) is 7.00. The lowest BCUT2D eigenvalue weighted by Crippen LogP contribution is -2.31. The fraction of sp³-hybridized carbons (Fsp3) is 0.857. The van der Waals surface area contributed by atoms with Gasteiger partial charge in [-0.15, -0.1) is 12.3 Å². The van der Waals surface area contributed by atoms with E-state index in [2.05, 4.69) is 25.1 Å². The van der Waals surface area contributed by atoms with Crippen molar-refractivity contribution in [3.8, 4) is 12.3 Å². The highest BCUT2D eigenvalue weighted by Gasteiger charge is 2.03. The van der Waals surface area contributed by atoms with Crippen LogP contribution in [0.2, 0.25) is 0 Å². The van der Waals surface area contributed by atoms with Crippen LogP contribution in [0.4, 0.5) is 0 Å². The standard InChI is InChI=1S/C14H27NO2/c1-4-5-6-9-15-11-14(16)12-17-10-7-8-13(2)3/h1,13-16H,5-12H2,2-3H3. The Morgan fingerprint density at radius 1 is 1.35 bits per heavy atom. The molecule has 3 nitrogen and oxygen atoms in total. The van der Waals surface area contributed by atoms with Gasteiger partial charge in [0.05, 0.1) is 12.7 Å². The van der Waals surface area contributed by atoms with E-state index in [9.17, 15) is 5.11 Å². The van der Waals surface area contributed by atoms with Crippen molar-refractivity contribution >= 4 is 0 Å². The van der Waals surface area contributed by atoms with Gasteiger partial charge in [-0.2, -0.15) is 0 Å². The van der Waals surface area contributed by atoms with E-state index in [1.54, 1.807) is 0 Å². The highest BCUT2D eigenvalue weighted by Crippen LogP contribution is 2.03. The van der Waals surface area contributed by atoms with Crippen LogP contribution in [-0.4, -0.2) is 37.5 Å². The molecule has 2 N–H and O–H groups in total. The van der Waals surface area contributed by atoms with Gasteiger partial charge < -0.3 is 15.2 Å². The Hall–Kier alpha value is -0.560. The second-order valence-corrected chi connectivity index (χ2v) is 4.78. The molecule has 0 aromatic heterocycles. The summed E-state index contributed by atoms with van der Waals surface area (Å²) in [5.41, 5.74) is 0. The highest BCUT2D eigenvalue weighted by molar-refractivity contribution is 4.83. The van der Waals surface area contributed by atoms with Crippen LogP contribution in [0.25, 0.3) is 0 Å². The minimum atomic E-state index is -0.417. The number of hydrogen-bond donors (Lipinski definition) is 2. The van der Waals surface area contributed by atoms with Crippen molar-refractivity contribution < 1.29 is 9.84 Å². The summed E-state index contributed by atoms with van der Waals surface area (Å²) in [6.07, 6.45) is 8.72. The minimum absolute atomic E-state index is 0.417. The molecular weight excluding hydrogens is 214 g/mol. The monoisotopic (exact) mass is 241 g/mol. The van der Waals surface area contributed by atoms with E-state index in [-0.39, 0.29) is 0 Å². The largest absolute Gasteiger partial charge is 0.389 e. The summed E-state index contributed by atoms with van der Waals surface area (Å²) in [7, 11) is 0. The Balaban J connectivity index is 3.18. The zero-order chi connectivity index (χ0) is 12.9. The van der Waals surface area contributed by atoms with E-state index in [4.69, 9.17) is 11.2 Å². The molecule has 0 spiro atoms. The Labute approximate surface area is 106 Å². The molecule has 0 saturated carbocycles. The first kappa shape index (κ1) is 16.4. The molecule has 0 radical (unpaired) electrons. The van der Waals surface area contributed by atoms with E-state index in [0.717, 1.165) is 38.3 Å². The lowest BCUT2D eigenvalue weighted by molar-refractivity contribution is 0.0349. The summed E-state index contributed by atoms with van der Waals surface area (Å²) in [6, 6.07) is 0. The zero-order valence-corrected chi connectivity index (χ0v) is 11.2. The SMILES string of the molecule is C#CCCCNCC(O)COCCCC(C)C. The molecule has 0 fully saturated rings. The van der Waals surface area contributed by atoms with E-state index in [1.165, 1.54) is 6.42 Å². The maximum atomic E-state index is 9.59. The van der Waals surface area contributed by atoms with Gasteiger partial charge in [-0.1, -0.05) is 13.8 Å². The molecule has 0 bridgehead atoms. The molecule has 1 unspecified atom stereocenters. The topological polar surface area (TPSA) is 41.5 Å². The van der Waals surface area contributed by atoms with Crippen molar-refractivity contribution in [2.24, 2.45) is 5.92 Å². The third-order valence-electron chi connectivity index (χ3n) is 2.44. The molecule has 0 heterocycles. The molecule has 0 amide bonds. The van der Waals surface area contributed by atoms with Gasteiger partial charge in [0, 0.05) is 19.6 Å². The van der Waals surface area contributed by atoms with Crippen LogP contribution in [0.3, 0.4) is 0 Å². The lowest BCUT2D eigenvalue weighted by Gasteiger charge is -2.12. The first-order chi connectivity index (χ1) is 8.16. The zero-order valence-electron chi connectivity index (χ0n) is 11.2. The Morgan fingerprint density at radius 2 is 2.12 bits per heavy atom. The molecule has 100 valence electrons. The van der Waals surface area contributed by atoms with E-state index in [1.807, 2.05) is 0 Å². The molecule has 0 aliphatic heterocycles. The van der Waals surface area contributed by atoms with Gasteiger partial charge in [-0.3, -0.25) is 0 Å². The van der Waals surface area contributed by atoms with Crippen LogP contribution in [0.15, 0.2) is 0 Å². The molecule has 17 heavy (non-hydrogen) atoms. The van der Waals surface area contributed by atoms with Gasteiger partial charge in [-0.25, -0.2) is 0 Å². The first-order valence-corrected chi connectivity index (χ1v) is 6.56. The minimum Gasteiger partial charge on any atom is -0.389 e. The summed E-state index contributed by atoms with van der Waals surface area (Å²) >= 11 is 0. The number of hydrogen-bond acceptors (Lipinski definition) is 3. The Bertz CT molecular complexity index is 199. The summed E-state index contributed by atoms with van der Waals surface area (Å²) in [4.78, 5) is 0. The van der Waals surface area contributed by atoms with Gasteiger partial charge in [0.25, 0.3) is 0 Å². The number of aliphatic hydroxyl groups excluding tert-OH is 1. The van der Waals surface area contributed by atoms with Crippen molar-refractivity contribution in [1.29, 1.82) is 0 Å². The van der Waals surface area contributed by atoms with Gasteiger partial charge in [0.2, 0.25) is 0 Å². The highest BCUT2D eigenvalue weighted by atomic mass is 16.5. The van der Waals surface area contributed by atoms with Gasteiger partial charge in [-0.05, 0) is 31.7 Å².